The molecule has 3 aromatic rings. The number of rotatable bonds is 6. The number of nitrogens with zero attached hydrogens (tertiary/aromatic N) is 1. The summed E-state index contributed by atoms with van der Waals surface area (Å²) >= 11 is 0. The number of nitrogens with two attached hydrogens (primary N) is 1. The predicted octanol–water partition coefficient (Wildman–Crippen LogP) is 2.13. The Bertz CT molecular complexity index is 1020. The molecule has 27 heavy (non-hydrogen) atoms. The Kier molecular flexibility index (Phi) is 5.21. The monoisotopic (exact) mass is 364 g/mol. The lowest BCUT2D eigenvalue weighted by Gasteiger charge is -2.10. The van der Waals surface area contributed by atoms with E-state index >= 15 is 0 Å². The van der Waals surface area contributed by atoms with Crippen LogP contribution in [0.3, 0.4) is 0 Å². The molecule has 0 fully saturated rings. The zero-order valence-electron chi connectivity index (χ0n) is 14.9. The van der Waals surface area contributed by atoms with Crippen LogP contribution < -0.4 is 16.4 Å². The summed E-state index contributed by atoms with van der Waals surface area (Å²) in [6.45, 7) is 2.39. The van der Waals surface area contributed by atoms with Gasteiger partial charge in [-0.2, -0.15) is 0 Å². The van der Waals surface area contributed by atoms with E-state index in [1.165, 1.54) is 0 Å². The number of para-hydroxylation sites is 1. The molecule has 0 unspecified atom stereocenters. The summed E-state index contributed by atoms with van der Waals surface area (Å²) < 4.78 is 1.94. The lowest BCUT2D eigenvalue weighted by Crippen LogP contribution is -2.33. The molecule has 138 valence electrons. The highest BCUT2D eigenvalue weighted by molar-refractivity contribution is 6.07. The molecule has 1 aromatic heterocycles. The van der Waals surface area contributed by atoms with Crippen molar-refractivity contribution in [2.75, 3.05) is 11.9 Å². The van der Waals surface area contributed by atoms with E-state index in [4.69, 9.17) is 5.73 Å². The fourth-order valence-electron chi connectivity index (χ4n) is 2.94. The van der Waals surface area contributed by atoms with Crippen molar-refractivity contribution in [1.82, 2.24) is 9.88 Å². The Morgan fingerprint density at radius 1 is 1.00 bits per heavy atom. The number of anilines is 1. The standard InChI is InChI=1S/C20H20N4O3/c1-2-24-16-9-4-3-6-13(16)11-17(24)20(27)23-15-8-5-7-14(10-15)19(26)22-12-18(21)25/h3-11H,2,12H2,1H3,(H2,21,25)(H,22,26)(H,23,27). The average molecular weight is 364 g/mol. The lowest BCUT2D eigenvalue weighted by molar-refractivity contribution is -0.117. The van der Waals surface area contributed by atoms with Crippen LogP contribution in [0.1, 0.15) is 27.8 Å². The van der Waals surface area contributed by atoms with Crippen LogP contribution in [0.25, 0.3) is 10.9 Å². The number of hydrogen-bond acceptors (Lipinski definition) is 3. The molecular formula is C20H20N4O3. The first-order valence-electron chi connectivity index (χ1n) is 8.55. The van der Waals surface area contributed by atoms with E-state index in [9.17, 15) is 14.4 Å². The van der Waals surface area contributed by atoms with Crippen LogP contribution in [-0.4, -0.2) is 28.8 Å². The van der Waals surface area contributed by atoms with Crippen LogP contribution >= 0.6 is 0 Å². The number of aryl methyl sites for hydroxylation is 1. The third-order valence-corrected chi connectivity index (χ3v) is 4.17. The van der Waals surface area contributed by atoms with Gasteiger partial charge in [0, 0.05) is 28.7 Å². The van der Waals surface area contributed by atoms with Gasteiger partial charge < -0.3 is 20.9 Å². The topological polar surface area (TPSA) is 106 Å². The first-order chi connectivity index (χ1) is 13.0. The largest absolute Gasteiger partial charge is 0.368 e. The summed E-state index contributed by atoms with van der Waals surface area (Å²) in [4.78, 5) is 35.6. The summed E-state index contributed by atoms with van der Waals surface area (Å²) in [5.41, 5.74) is 7.37. The second-order valence-corrected chi connectivity index (χ2v) is 6.02. The van der Waals surface area contributed by atoms with Crippen molar-refractivity contribution in [3.8, 4) is 0 Å². The molecule has 4 N–H and O–H groups in total. The van der Waals surface area contributed by atoms with Crippen molar-refractivity contribution in [2.24, 2.45) is 5.73 Å². The third kappa shape index (κ3) is 3.98. The molecular weight excluding hydrogens is 344 g/mol. The Morgan fingerprint density at radius 3 is 2.52 bits per heavy atom. The van der Waals surface area contributed by atoms with Crippen molar-refractivity contribution in [3.05, 3.63) is 65.9 Å². The molecule has 7 nitrogen and oxygen atoms in total. The van der Waals surface area contributed by atoms with Crippen LogP contribution in [0.4, 0.5) is 5.69 Å². The zero-order chi connectivity index (χ0) is 19.4. The highest BCUT2D eigenvalue weighted by Crippen LogP contribution is 2.21. The van der Waals surface area contributed by atoms with Crippen LogP contribution in [0.5, 0.6) is 0 Å². The van der Waals surface area contributed by atoms with Gasteiger partial charge in [-0.15, -0.1) is 0 Å². The van der Waals surface area contributed by atoms with Gasteiger partial charge in [-0.05, 0) is 37.3 Å². The van der Waals surface area contributed by atoms with Crippen molar-refractivity contribution < 1.29 is 14.4 Å². The fourth-order valence-corrected chi connectivity index (χ4v) is 2.94. The van der Waals surface area contributed by atoms with E-state index < -0.39 is 11.8 Å². The second kappa shape index (κ2) is 7.74. The number of benzene rings is 2. The van der Waals surface area contributed by atoms with Gasteiger partial charge in [0.2, 0.25) is 5.91 Å². The summed E-state index contributed by atoms with van der Waals surface area (Å²) in [7, 11) is 0. The molecule has 0 aliphatic carbocycles. The van der Waals surface area contributed by atoms with E-state index in [1.54, 1.807) is 24.3 Å². The van der Waals surface area contributed by atoms with E-state index in [-0.39, 0.29) is 12.5 Å². The second-order valence-electron chi connectivity index (χ2n) is 6.02. The van der Waals surface area contributed by atoms with Crippen molar-refractivity contribution in [1.29, 1.82) is 0 Å². The Morgan fingerprint density at radius 2 is 1.78 bits per heavy atom. The molecule has 0 aliphatic rings. The van der Waals surface area contributed by atoms with E-state index in [2.05, 4.69) is 10.6 Å². The first-order valence-corrected chi connectivity index (χ1v) is 8.55. The molecule has 0 radical (unpaired) electrons. The molecule has 0 atom stereocenters. The number of primary amides is 1. The van der Waals surface area contributed by atoms with Gasteiger partial charge in [-0.3, -0.25) is 14.4 Å². The van der Waals surface area contributed by atoms with Crippen molar-refractivity contribution in [2.45, 2.75) is 13.5 Å². The molecule has 3 rings (SSSR count). The maximum absolute atomic E-state index is 12.8. The number of carbonyl (C=O) groups is 3. The van der Waals surface area contributed by atoms with E-state index in [1.807, 2.05) is 41.8 Å². The molecule has 1 heterocycles. The molecule has 7 heteroatoms. The smallest absolute Gasteiger partial charge is 0.272 e. The summed E-state index contributed by atoms with van der Waals surface area (Å²) in [6.07, 6.45) is 0. The van der Waals surface area contributed by atoms with Crippen LogP contribution in [0, 0.1) is 0 Å². The van der Waals surface area contributed by atoms with Crippen LogP contribution in [0.15, 0.2) is 54.6 Å². The number of nitrogens with one attached hydrogen (secondary N) is 2. The minimum Gasteiger partial charge on any atom is -0.368 e. The quantitative estimate of drug-likeness (QED) is 0.624. The minimum absolute atomic E-state index is 0.244. The first kappa shape index (κ1) is 18.2. The SMILES string of the molecule is CCn1c(C(=O)Nc2cccc(C(=O)NCC(N)=O)c2)cc2ccccc21. The molecule has 0 spiro atoms. The normalized spacial score (nSPS) is 10.6. The average Bonchev–Trinajstić information content (AvgIpc) is 3.05. The van der Waals surface area contributed by atoms with E-state index in [0.29, 0.717) is 23.5 Å². The summed E-state index contributed by atoms with van der Waals surface area (Å²) in [6, 6.07) is 16.1. The Labute approximate surface area is 156 Å². The van der Waals surface area contributed by atoms with Crippen molar-refractivity contribution >= 4 is 34.3 Å². The fraction of sp³-hybridized carbons (Fsp3) is 0.150. The summed E-state index contributed by atoms with van der Waals surface area (Å²) in [5.74, 6) is -1.32. The maximum Gasteiger partial charge on any atom is 0.272 e. The maximum atomic E-state index is 12.8. The van der Waals surface area contributed by atoms with Gasteiger partial charge in [0.25, 0.3) is 11.8 Å². The number of aromatic nitrogens is 1. The van der Waals surface area contributed by atoms with Gasteiger partial charge >= 0.3 is 0 Å². The molecule has 2 aromatic carbocycles. The van der Waals surface area contributed by atoms with Gasteiger partial charge in [0.15, 0.2) is 0 Å². The molecule has 0 saturated carbocycles. The predicted molar refractivity (Wildman–Crippen MR) is 104 cm³/mol. The molecule has 0 saturated heterocycles. The van der Waals surface area contributed by atoms with Crippen LogP contribution in [0.2, 0.25) is 0 Å². The van der Waals surface area contributed by atoms with E-state index in [0.717, 1.165) is 10.9 Å². The number of hydrogen-bond donors (Lipinski definition) is 3. The number of fused-ring (bicyclic) bond motifs is 1. The number of carbonyl (C=O) groups excluding carboxylic acids is 3. The molecule has 3 amide bonds. The molecule has 0 aliphatic heterocycles. The number of amides is 3. The van der Waals surface area contributed by atoms with Gasteiger partial charge in [-0.1, -0.05) is 24.3 Å². The van der Waals surface area contributed by atoms with Gasteiger partial charge in [-0.25, -0.2) is 0 Å². The highest BCUT2D eigenvalue weighted by atomic mass is 16.2. The van der Waals surface area contributed by atoms with Gasteiger partial charge in [0.05, 0.1) is 6.54 Å². The highest BCUT2D eigenvalue weighted by Gasteiger charge is 2.15. The molecule has 0 bridgehead atoms. The Hall–Kier alpha value is -3.61. The Balaban J connectivity index is 1.81. The summed E-state index contributed by atoms with van der Waals surface area (Å²) in [5, 5.41) is 6.23. The van der Waals surface area contributed by atoms with Gasteiger partial charge in [0.1, 0.15) is 5.69 Å². The van der Waals surface area contributed by atoms with Crippen molar-refractivity contribution in [3.63, 3.8) is 0 Å². The zero-order valence-corrected chi connectivity index (χ0v) is 14.9. The third-order valence-electron chi connectivity index (χ3n) is 4.17. The van der Waals surface area contributed by atoms with Crippen LogP contribution in [-0.2, 0) is 11.3 Å². The minimum atomic E-state index is -0.625. The lowest BCUT2D eigenvalue weighted by atomic mass is 10.2.